The van der Waals surface area contributed by atoms with E-state index in [9.17, 15) is 8.42 Å². The minimum atomic E-state index is -3.29. The van der Waals surface area contributed by atoms with E-state index in [0.29, 0.717) is 12.2 Å². The first-order chi connectivity index (χ1) is 11.6. The van der Waals surface area contributed by atoms with Gasteiger partial charge in [-0.05, 0) is 37.0 Å². The molecule has 2 N–H and O–H groups in total. The van der Waals surface area contributed by atoms with Gasteiger partial charge in [0.05, 0.1) is 17.6 Å². The maximum Gasteiger partial charge on any atom is 0.233 e. The first kappa shape index (κ1) is 18.3. The van der Waals surface area contributed by atoms with Gasteiger partial charge >= 0.3 is 0 Å². The van der Waals surface area contributed by atoms with Crippen molar-refractivity contribution in [2.75, 3.05) is 22.3 Å². The van der Waals surface area contributed by atoms with E-state index in [-0.39, 0.29) is 5.75 Å². The maximum absolute atomic E-state index is 11.8. The van der Waals surface area contributed by atoms with E-state index in [1.165, 1.54) is 5.56 Å². The van der Waals surface area contributed by atoms with E-state index in [4.69, 9.17) is 0 Å². The van der Waals surface area contributed by atoms with E-state index in [1.54, 1.807) is 12.3 Å². The molecule has 0 spiro atoms. The average molecular weight is 347 g/mol. The number of nitrogens with zero attached hydrogens (tertiary/aromatic N) is 1. The monoisotopic (exact) mass is 347 g/mol. The highest BCUT2D eigenvalue weighted by molar-refractivity contribution is 7.92. The van der Waals surface area contributed by atoms with Crippen LogP contribution in [0.2, 0.25) is 0 Å². The molecule has 1 aromatic heterocycles. The van der Waals surface area contributed by atoms with Crippen molar-refractivity contribution in [1.82, 2.24) is 4.98 Å². The molecule has 24 heavy (non-hydrogen) atoms. The van der Waals surface area contributed by atoms with E-state index < -0.39 is 10.0 Å². The summed E-state index contributed by atoms with van der Waals surface area (Å²) >= 11 is 0. The van der Waals surface area contributed by atoms with Gasteiger partial charge in [0, 0.05) is 6.54 Å². The fourth-order valence-electron chi connectivity index (χ4n) is 2.27. The third-order valence-corrected chi connectivity index (χ3v) is 4.95. The summed E-state index contributed by atoms with van der Waals surface area (Å²) in [7, 11) is -3.29. The lowest BCUT2D eigenvalue weighted by atomic mass is 10.1. The number of pyridine rings is 1. The number of aryl methyl sites for hydroxylation is 1. The summed E-state index contributed by atoms with van der Waals surface area (Å²) in [6.45, 7) is 2.81. The lowest BCUT2D eigenvalue weighted by Crippen LogP contribution is -2.17. The van der Waals surface area contributed by atoms with Crippen LogP contribution < -0.4 is 10.0 Å². The minimum absolute atomic E-state index is 0.130. The zero-order chi connectivity index (χ0) is 17.3. The fraction of sp³-hybridized carbons (Fsp3) is 0.389. The van der Waals surface area contributed by atoms with Crippen LogP contribution in [0.15, 0.2) is 48.7 Å². The molecule has 0 unspecified atom stereocenters. The van der Waals surface area contributed by atoms with Crippen LogP contribution in [0.1, 0.15) is 31.7 Å². The standard InChI is InChI=1S/C18H25N3O2S/c1-2-3-14-24(22,23)21-18-12-11-17(15-20-18)19-13-7-10-16-8-5-4-6-9-16/h4-6,8-9,11-12,15,19H,2-3,7,10,13-14H2,1H3,(H,20,21). The van der Waals surface area contributed by atoms with Crippen LogP contribution in [0, 0.1) is 0 Å². The van der Waals surface area contributed by atoms with E-state index in [1.807, 2.05) is 31.2 Å². The van der Waals surface area contributed by atoms with E-state index >= 15 is 0 Å². The van der Waals surface area contributed by atoms with Crippen molar-refractivity contribution < 1.29 is 8.42 Å². The summed E-state index contributed by atoms with van der Waals surface area (Å²) in [5, 5.41) is 3.30. The topological polar surface area (TPSA) is 71.1 Å². The molecule has 1 heterocycles. The summed E-state index contributed by atoms with van der Waals surface area (Å²) in [4.78, 5) is 4.16. The van der Waals surface area contributed by atoms with Gasteiger partial charge < -0.3 is 5.32 Å². The van der Waals surface area contributed by atoms with Crippen molar-refractivity contribution in [3.63, 3.8) is 0 Å². The van der Waals surface area contributed by atoms with Crippen molar-refractivity contribution in [3.05, 3.63) is 54.2 Å². The Bertz CT molecular complexity index is 701. The smallest absolute Gasteiger partial charge is 0.233 e. The Morgan fingerprint density at radius 3 is 2.50 bits per heavy atom. The zero-order valence-electron chi connectivity index (χ0n) is 14.0. The van der Waals surface area contributed by atoms with Crippen LogP contribution in [-0.4, -0.2) is 25.7 Å². The summed E-state index contributed by atoms with van der Waals surface area (Å²) < 4.78 is 26.1. The molecule has 0 amide bonds. The first-order valence-electron chi connectivity index (χ1n) is 8.33. The molecule has 2 rings (SSSR count). The molecule has 5 nitrogen and oxygen atoms in total. The molecule has 6 heteroatoms. The van der Waals surface area contributed by atoms with Gasteiger partial charge in [-0.25, -0.2) is 13.4 Å². The van der Waals surface area contributed by atoms with E-state index in [0.717, 1.165) is 31.5 Å². The van der Waals surface area contributed by atoms with Crippen LogP contribution in [0.4, 0.5) is 11.5 Å². The molecule has 0 saturated carbocycles. The van der Waals surface area contributed by atoms with Gasteiger partial charge in [-0.1, -0.05) is 43.7 Å². The molecular weight excluding hydrogens is 322 g/mol. The van der Waals surface area contributed by atoms with Gasteiger partial charge in [-0.2, -0.15) is 0 Å². The Hall–Kier alpha value is -2.08. The molecule has 0 saturated heterocycles. The Kier molecular flexibility index (Phi) is 7.06. The van der Waals surface area contributed by atoms with Gasteiger partial charge in [-0.15, -0.1) is 0 Å². The third-order valence-electron chi connectivity index (χ3n) is 3.60. The van der Waals surface area contributed by atoms with Gasteiger partial charge in [0.15, 0.2) is 0 Å². The lowest BCUT2D eigenvalue weighted by Gasteiger charge is -2.09. The molecule has 0 atom stereocenters. The number of hydrogen-bond donors (Lipinski definition) is 2. The number of nitrogens with one attached hydrogen (secondary N) is 2. The quantitative estimate of drug-likeness (QED) is 0.643. The Morgan fingerprint density at radius 1 is 1.04 bits per heavy atom. The number of aromatic nitrogens is 1. The molecule has 0 radical (unpaired) electrons. The molecule has 130 valence electrons. The minimum Gasteiger partial charge on any atom is -0.384 e. The van der Waals surface area contributed by atoms with Crippen LogP contribution in [-0.2, 0) is 16.4 Å². The van der Waals surface area contributed by atoms with E-state index in [2.05, 4.69) is 27.2 Å². The molecule has 0 aliphatic carbocycles. The second-order valence-corrected chi connectivity index (χ2v) is 7.56. The number of unbranched alkanes of at least 4 members (excludes halogenated alkanes) is 1. The van der Waals surface area contributed by atoms with Crippen molar-refractivity contribution in [3.8, 4) is 0 Å². The Morgan fingerprint density at radius 2 is 1.83 bits per heavy atom. The van der Waals surface area contributed by atoms with Gasteiger partial charge in [0.2, 0.25) is 10.0 Å². The van der Waals surface area contributed by atoms with Crippen LogP contribution in [0.3, 0.4) is 0 Å². The average Bonchev–Trinajstić information content (AvgIpc) is 2.59. The van der Waals surface area contributed by atoms with Gasteiger partial charge in [0.1, 0.15) is 5.82 Å². The Balaban J connectivity index is 1.75. The van der Waals surface area contributed by atoms with Crippen LogP contribution >= 0.6 is 0 Å². The van der Waals surface area contributed by atoms with Crippen molar-refractivity contribution >= 4 is 21.5 Å². The highest BCUT2D eigenvalue weighted by Gasteiger charge is 2.10. The molecule has 1 aromatic carbocycles. The number of sulfonamides is 1. The fourth-order valence-corrected chi connectivity index (χ4v) is 3.48. The molecule has 0 fully saturated rings. The van der Waals surface area contributed by atoms with Crippen molar-refractivity contribution in [1.29, 1.82) is 0 Å². The first-order valence-corrected chi connectivity index (χ1v) is 9.98. The number of hydrogen-bond acceptors (Lipinski definition) is 4. The lowest BCUT2D eigenvalue weighted by molar-refractivity contribution is 0.597. The summed E-state index contributed by atoms with van der Waals surface area (Å²) in [5.74, 6) is 0.492. The van der Waals surface area contributed by atoms with Gasteiger partial charge in [0.25, 0.3) is 0 Å². The number of benzene rings is 1. The van der Waals surface area contributed by atoms with Crippen LogP contribution in [0.25, 0.3) is 0 Å². The third kappa shape index (κ3) is 6.58. The Labute approximate surface area is 144 Å². The summed E-state index contributed by atoms with van der Waals surface area (Å²) in [6, 6.07) is 13.9. The summed E-state index contributed by atoms with van der Waals surface area (Å²) in [6.07, 6.45) is 5.20. The summed E-state index contributed by atoms with van der Waals surface area (Å²) in [5.41, 5.74) is 2.22. The largest absolute Gasteiger partial charge is 0.384 e. The van der Waals surface area contributed by atoms with Crippen LogP contribution in [0.5, 0.6) is 0 Å². The molecule has 0 aliphatic heterocycles. The normalized spacial score (nSPS) is 11.2. The predicted octanol–water partition coefficient (Wildman–Crippen LogP) is 3.67. The van der Waals surface area contributed by atoms with Crippen molar-refractivity contribution in [2.45, 2.75) is 32.6 Å². The molecular formula is C18H25N3O2S. The number of rotatable bonds is 10. The SMILES string of the molecule is CCCCS(=O)(=O)Nc1ccc(NCCCc2ccccc2)cn1. The maximum atomic E-state index is 11.8. The number of anilines is 2. The molecule has 2 aromatic rings. The molecule has 0 bridgehead atoms. The second-order valence-electron chi connectivity index (χ2n) is 5.72. The predicted molar refractivity (Wildman–Crippen MR) is 99.8 cm³/mol. The highest BCUT2D eigenvalue weighted by Crippen LogP contribution is 2.12. The van der Waals surface area contributed by atoms with Crippen molar-refractivity contribution in [2.24, 2.45) is 0 Å². The van der Waals surface area contributed by atoms with Gasteiger partial charge in [-0.3, -0.25) is 4.72 Å². The highest BCUT2D eigenvalue weighted by atomic mass is 32.2. The molecule has 0 aliphatic rings. The zero-order valence-corrected chi connectivity index (χ0v) is 14.8. The second kappa shape index (κ2) is 9.27.